The number of carbonyl (C=O) groups is 1. The third kappa shape index (κ3) is 2.94. The van der Waals surface area contributed by atoms with Crippen LogP contribution in [0.4, 0.5) is 0 Å². The van der Waals surface area contributed by atoms with Crippen molar-refractivity contribution in [3.63, 3.8) is 0 Å². The van der Waals surface area contributed by atoms with E-state index in [4.69, 9.17) is 16.8 Å². The van der Waals surface area contributed by atoms with E-state index in [-0.39, 0.29) is 0 Å². The molecule has 0 saturated heterocycles. The second-order valence-electron chi connectivity index (χ2n) is 3.60. The van der Waals surface area contributed by atoms with Gasteiger partial charge in [-0.05, 0) is 12.8 Å². The molecular weight excluding hydrogens is 182 g/mol. The number of nitrogens with zero attached hydrogens (tertiary/aromatic N) is 1. The normalized spacial score (nSPS) is 15.5. The lowest BCUT2D eigenvalue weighted by molar-refractivity contribution is -0.153. The van der Waals surface area contributed by atoms with Crippen molar-refractivity contribution in [3.8, 4) is 0 Å². The van der Waals surface area contributed by atoms with Crippen LogP contribution in [0, 0.1) is 0 Å². The predicted octanol–water partition coefficient (Wildman–Crippen LogP) is 0.850. The molecule has 1 unspecified atom stereocenters. The largest absolute Gasteiger partial charge is 0.480 e. The van der Waals surface area contributed by atoms with Crippen LogP contribution in [0.5, 0.6) is 0 Å². The quantitative estimate of drug-likeness (QED) is 0.421. The molecule has 5 nitrogen and oxygen atoms in total. The Morgan fingerprint density at radius 3 is 2.14 bits per heavy atom. The SMILES string of the molecule is CCCCC(CCC)(C(=O)O)N(N)N. The molecule has 5 N–H and O–H groups in total. The molecule has 0 saturated carbocycles. The van der Waals surface area contributed by atoms with Gasteiger partial charge in [-0.2, -0.15) is 5.12 Å². The van der Waals surface area contributed by atoms with Crippen molar-refractivity contribution in [3.05, 3.63) is 0 Å². The summed E-state index contributed by atoms with van der Waals surface area (Å²) in [6.45, 7) is 3.93. The van der Waals surface area contributed by atoms with E-state index in [1.54, 1.807) is 0 Å². The second kappa shape index (κ2) is 5.95. The summed E-state index contributed by atoms with van der Waals surface area (Å²) in [5, 5.41) is 10.0. The van der Waals surface area contributed by atoms with E-state index in [1.165, 1.54) is 0 Å². The summed E-state index contributed by atoms with van der Waals surface area (Å²) in [4.78, 5) is 11.2. The van der Waals surface area contributed by atoms with Crippen LogP contribution in [0.2, 0.25) is 0 Å². The van der Waals surface area contributed by atoms with Crippen molar-refractivity contribution in [2.24, 2.45) is 11.7 Å². The molecule has 14 heavy (non-hydrogen) atoms. The number of hydrogen-bond acceptors (Lipinski definition) is 4. The lowest BCUT2D eigenvalue weighted by atomic mass is 9.88. The molecule has 0 aromatic heterocycles. The molecule has 0 rings (SSSR count). The van der Waals surface area contributed by atoms with Crippen LogP contribution in [0.25, 0.3) is 0 Å². The average Bonchev–Trinajstić information content (AvgIpc) is 2.11. The van der Waals surface area contributed by atoms with E-state index in [0.29, 0.717) is 12.8 Å². The van der Waals surface area contributed by atoms with Gasteiger partial charge < -0.3 is 5.11 Å². The Morgan fingerprint density at radius 1 is 1.29 bits per heavy atom. The third-order valence-corrected chi connectivity index (χ3v) is 2.50. The van der Waals surface area contributed by atoms with Gasteiger partial charge in [-0.25, -0.2) is 0 Å². The van der Waals surface area contributed by atoms with Gasteiger partial charge in [0.15, 0.2) is 0 Å². The highest BCUT2D eigenvalue weighted by molar-refractivity contribution is 5.78. The molecule has 0 spiro atoms. The first kappa shape index (κ1) is 13.4. The molecule has 0 bridgehead atoms. The van der Waals surface area contributed by atoms with Gasteiger partial charge in [0.05, 0.1) is 0 Å². The maximum atomic E-state index is 11.2. The zero-order chi connectivity index (χ0) is 11.2. The van der Waals surface area contributed by atoms with Crippen LogP contribution in [-0.4, -0.2) is 21.7 Å². The van der Waals surface area contributed by atoms with E-state index < -0.39 is 11.5 Å². The van der Waals surface area contributed by atoms with Crippen LogP contribution >= 0.6 is 0 Å². The van der Waals surface area contributed by atoms with Gasteiger partial charge in [0, 0.05) is 0 Å². The first-order chi connectivity index (χ1) is 6.51. The van der Waals surface area contributed by atoms with E-state index >= 15 is 0 Å². The summed E-state index contributed by atoms with van der Waals surface area (Å²) >= 11 is 0. The Balaban J connectivity index is 4.65. The van der Waals surface area contributed by atoms with Crippen LogP contribution in [0.15, 0.2) is 0 Å². The number of carboxylic acids is 1. The summed E-state index contributed by atoms with van der Waals surface area (Å²) in [7, 11) is 0. The molecular formula is C9H21N3O2. The lowest BCUT2D eigenvalue weighted by Gasteiger charge is -2.34. The molecule has 0 amide bonds. The minimum atomic E-state index is -1.09. The molecule has 0 aliphatic heterocycles. The summed E-state index contributed by atoms with van der Waals surface area (Å²) in [6, 6.07) is 0. The highest BCUT2D eigenvalue weighted by atomic mass is 16.4. The number of nitrogens with two attached hydrogens (primary N) is 2. The number of unbranched alkanes of at least 4 members (excludes halogenated alkanes) is 1. The molecule has 0 aromatic rings. The van der Waals surface area contributed by atoms with Gasteiger partial charge in [-0.3, -0.25) is 16.5 Å². The highest BCUT2D eigenvalue weighted by Crippen LogP contribution is 2.24. The highest BCUT2D eigenvalue weighted by Gasteiger charge is 2.40. The monoisotopic (exact) mass is 203 g/mol. The Labute approximate surface area is 85.0 Å². The molecule has 5 heteroatoms. The fourth-order valence-corrected chi connectivity index (χ4v) is 1.59. The minimum absolute atomic E-state index is 0.481. The van der Waals surface area contributed by atoms with Crippen molar-refractivity contribution in [2.45, 2.75) is 51.5 Å². The van der Waals surface area contributed by atoms with Crippen molar-refractivity contribution in [1.82, 2.24) is 5.12 Å². The summed E-state index contributed by atoms with van der Waals surface area (Å²) in [6.07, 6.45) is 3.49. The fourth-order valence-electron chi connectivity index (χ4n) is 1.59. The first-order valence-corrected chi connectivity index (χ1v) is 5.04. The van der Waals surface area contributed by atoms with Gasteiger partial charge in [0.25, 0.3) is 0 Å². The first-order valence-electron chi connectivity index (χ1n) is 5.04. The van der Waals surface area contributed by atoms with Gasteiger partial charge >= 0.3 is 5.97 Å². The van der Waals surface area contributed by atoms with Crippen molar-refractivity contribution >= 4 is 5.97 Å². The number of rotatable bonds is 7. The average molecular weight is 203 g/mol. The predicted molar refractivity (Wildman–Crippen MR) is 55.0 cm³/mol. The van der Waals surface area contributed by atoms with Crippen molar-refractivity contribution in [1.29, 1.82) is 0 Å². The Bertz CT molecular complexity index is 185. The van der Waals surface area contributed by atoms with Crippen LogP contribution in [-0.2, 0) is 4.79 Å². The van der Waals surface area contributed by atoms with E-state index in [1.807, 2.05) is 13.8 Å². The van der Waals surface area contributed by atoms with Crippen LogP contribution < -0.4 is 11.7 Å². The molecule has 1 atom stereocenters. The summed E-state index contributed by atoms with van der Waals surface area (Å²) in [5.41, 5.74) is -1.09. The molecule has 0 aliphatic rings. The zero-order valence-corrected chi connectivity index (χ0v) is 8.99. The van der Waals surface area contributed by atoms with Gasteiger partial charge in [0.2, 0.25) is 0 Å². The fraction of sp³-hybridized carbons (Fsp3) is 0.889. The number of hydrazine groups is 2. The molecule has 0 fully saturated rings. The lowest BCUT2D eigenvalue weighted by Crippen LogP contribution is -2.61. The van der Waals surface area contributed by atoms with Gasteiger partial charge in [-0.1, -0.05) is 33.1 Å². The molecule has 84 valence electrons. The molecule has 0 aromatic carbocycles. The van der Waals surface area contributed by atoms with Gasteiger partial charge in [-0.15, -0.1) is 0 Å². The molecule has 0 aliphatic carbocycles. The summed E-state index contributed by atoms with van der Waals surface area (Å²) < 4.78 is 0. The molecule has 0 radical (unpaired) electrons. The summed E-state index contributed by atoms with van der Waals surface area (Å²) in [5.74, 6) is 9.93. The smallest absolute Gasteiger partial charge is 0.327 e. The topological polar surface area (TPSA) is 92.6 Å². The van der Waals surface area contributed by atoms with E-state index in [2.05, 4.69) is 0 Å². The second-order valence-corrected chi connectivity index (χ2v) is 3.60. The maximum Gasteiger partial charge on any atom is 0.327 e. The third-order valence-electron chi connectivity index (χ3n) is 2.50. The Hall–Kier alpha value is -0.650. The maximum absolute atomic E-state index is 11.2. The van der Waals surface area contributed by atoms with Crippen molar-refractivity contribution < 1.29 is 9.90 Å². The van der Waals surface area contributed by atoms with E-state index in [0.717, 1.165) is 24.4 Å². The molecule has 0 heterocycles. The van der Waals surface area contributed by atoms with E-state index in [9.17, 15) is 4.79 Å². The number of carboxylic acid groups (broad SMARTS) is 1. The Kier molecular flexibility index (Phi) is 5.68. The number of hydrogen-bond donors (Lipinski definition) is 3. The van der Waals surface area contributed by atoms with Crippen LogP contribution in [0.3, 0.4) is 0 Å². The Morgan fingerprint density at radius 2 is 1.86 bits per heavy atom. The van der Waals surface area contributed by atoms with Crippen LogP contribution in [0.1, 0.15) is 46.0 Å². The van der Waals surface area contributed by atoms with Crippen molar-refractivity contribution in [2.75, 3.05) is 0 Å². The minimum Gasteiger partial charge on any atom is -0.480 e. The zero-order valence-electron chi connectivity index (χ0n) is 8.99. The standard InChI is InChI=1S/C9H21N3O2/c1-3-5-7-9(6-4-2,8(13)14)12(10)11/h3-7,10-11H2,1-2H3,(H,13,14). The van der Waals surface area contributed by atoms with Gasteiger partial charge in [0.1, 0.15) is 5.54 Å². The number of aliphatic carboxylic acids is 1.